The Morgan fingerprint density at radius 3 is 2.73 bits per heavy atom. The van der Waals surface area contributed by atoms with E-state index in [9.17, 15) is 9.90 Å². The van der Waals surface area contributed by atoms with Crippen LogP contribution in [0.5, 0.6) is 0 Å². The predicted molar refractivity (Wildman–Crippen MR) is 107 cm³/mol. The first-order valence-corrected chi connectivity index (χ1v) is 10.5. The third-order valence-corrected chi connectivity index (χ3v) is 7.31. The van der Waals surface area contributed by atoms with E-state index in [4.69, 9.17) is 5.11 Å². The molecule has 2 aliphatic rings. The minimum Gasteiger partial charge on any atom is -0.481 e. The first-order chi connectivity index (χ1) is 12.6. The summed E-state index contributed by atoms with van der Waals surface area (Å²) in [5.41, 5.74) is 0.939. The molecule has 0 aliphatic carbocycles. The normalized spacial score (nSPS) is 29.0. The van der Waals surface area contributed by atoms with Crippen molar-refractivity contribution >= 4 is 17.7 Å². The van der Waals surface area contributed by atoms with E-state index in [-0.39, 0.29) is 6.42 Å². The van der Waals surface area contributed by atoms with Crippen LogP contribution in [-0.2, 0) is 4.79 Å². The number of benzene rings is 1. The van der Waals surface area contributed by atoms with Crippen molar-refractivity contribution < 1.29 is 15.0 Å². The van der Waals surface area contributed by atoms with Gasteiger partial charge in [-0.25, -0.2) is 0 Å². The number of unbranched alkanes of at least 4 members (excludes halogenated alkanes) is 1. The summed E-state index contributed by atoms with van der Waals surface area (Å²) >= 11 is 2.12. The van der Waals surface area contributed by atoms with Crippen molar-refractivity contribution in [2.24, 2.45) is 11.8 Å². The molecule has 1 unspecified atom stereocenters. The van der Waals surface area contributed by atoms with Gasteiger partial charge in [0.25, 0.3) is 0 Å². The molecule has 0 saturated carbocycles. The molecule has 5 atom stereocenters. The van der Waals surface area contributed by atoms with Gasteiger partial charge < -0.3 is 10.2 Å². The molecule has 2 fully saturated rings. The lowest BCUT2D eigenvalue weighted by Gasteiger charge is -2.27. The minimum atomic E-state index is -0.718. The maximum atomic E-state index is 10.5. The zero-order valence-electron chi connectivity index (χ0n) is 15.0. The van der Waals surface area contributed by atoms with Gasteiger partial charge in [0.15, 0.2) is 0 Å². The van der Waals surface area contributed by atoms with E-state index in [0.29, 0.717) is 23.5 Å². The lowest BCUT2D eigenvalue weighted by atomic mass is 9.77. The lowest BCUT2D eigenvalue weighted by molar-refractivity contribution is -0.137. The summed E-state index contributed by atoms with van der Waals surface area (Å²) in [6.07, 6.45) is 13.5. The first kappa shape index (κ1) is 19.2. The fraction of sp³-hybridized carbons (Fsp3) is 0.500. The van der Waals surface area contributed by atoms with Crippen LogP contribution in [0.1, 0.15) is 50.2 Å². The number of fused-ring (bicyclic) bond motifs is 2. The summed E-state index contributed by atoms with van der Waals surface area (Å²) in [7, 11) is 0. The minimum absolute atomic E-state index is 0.247. The van der Waals surface area contributed by atoms with E-state index < -0.39 is 12.1 Å². The number of carbonyl (C=O) groups is 1. The van der Waals surface area contributed by atoms with E-state index in [2.05, 4.69) is 30.0 Å². The van der Waals surface area contributed by atoms with Gasteiger partial charge in [-0.1, -0.05) is 54.6 Å². The molecule has 2 bridgehead atoms. The molecule has 0 amide bonds. The van der Waals surface area contributed by atoms with E-state index in [1.165, 1.54) is 12.8 Å². The molecule has 2 N–H and O–H groups in total. The highest BCUT2D eigenvalue weighted by molar-refractivity contribution is 8.01. The fourth-order valence-electron chi connectivity index (χ4n) is 4.12. The average Bonchev–Trinajstić information content (AvgIpc) is 3.24. The highest BCUT2D eigenvalue weighted by Gasteiger charge is 2.46. The van der Waals surface area contributed by atoms with Gasteiger partial charge in [-0.3, -0.25) is 4.79 Å². The smallest absolute Gasteiger partial charge is 0.303 e. The first-order valence-electron chi connectivity index (χ1n) is 9.58. The van der Waals surface area contributed by atoms with Crippen LogP contribution in [0.15, 0.2) is 54.6 Å². The zero-order chi connectivity index (χ0) is 18.4. The highest BCUT2D eigenvalue weighted by atomic mass is 32.2. The van der Waals surface area contributed by atoms with Gasteiger partial charge in [-0.05, 0) is 49.5 Å². The van der Waals surface area contributed by atoms with Crippen molar-refractivity contribution in [2.75, 3.05) is 0 Å². The maximum absolute atomic E-state index is 10.5. The summed E-state index contributed by atoms with van der Waals surface area (Å²) in [6.45, 7) is 0. The van der Waals surface area contributed by atoms with Crippen LogP contribution < -0.4 is 0 Å². The molecule has 3 rings (SSSR count). The molecule has 2 saturated heterocycles. The quantitative estimate of drug-likeness (QED) is 0.474. The Balaban J connectivity index is 1.54. The number of thioether (sulfide) groups is 1. The van der Waals surface area contributed by atoms with Gasteiger partial charge >= 0.3 is 5.97 Å². The molecule has 140 valence electrons. The van der Waals surface area contributed by atoms with Gasteiger partial charge in [-0.2, -0.15) is 11.8 Å². The Hall–Kier alpha value is -1.52. The molecule has 0 spiro atoms. The summed E-state index contributed by atoms with van der Waals surface area (Å²) < 4.78 is 0. The van der Waals surface area contributed by atoms with E-state index in [1.54, 1.807) is 0 Å². The number of allylic oxidation sites excluding steroid dienone is 3. The number of aliphatic hydroxyl groups is 1. The van der Waals surface area contributed by atoms with Crippen LogP contribution in [-0.4, -0.2) is 26.7 Å². The van der Waals surface area contributed by atoms with Crippen LogP contribution in [0, 0.1) is 11.8 Å². The molecular formula is C22H28O3S. The number of carboxylic acid groups (broad SMARTS) is 1. The van der Waals surface area contributed by atoms with Crippen LogP contribution in [0.25, 0.3) is 0 Å². The molecule has 3 nitrogen and oxygen atoms in total. The molecule has 26 heavy (non-hydrogen) atoms. The van der Waals surface area contributed by atoms with Crippen LogP contribution in [0.4, 0.5) is 0 Å². The Bertz CT molecular complexity index is 640. The Labute approximate surface area is 160 Å². The molecule has 4 heteroatoms. The second-order valence-corrected chi connectivity index (χ2v) is 8.75. The van der Waals surface area contributed by atoms with Crippen molar-refractivity contribution in [3.63, 3.8) is 0 Å². The highest BCUT2D eigenvalue weighted by Crippen LogP contribution is 2.54. The number of aliphatic hydroxyl groups excluding tert-OH is 1. The molecule has 2 aliphatic heterocycles. The van der Waals surface area contributed by atoms with Gasteiger partial charge in [0.2, 0.25) is 0 Å². The Morgan fingerprint density at radius 2 is 1.96 bits per heavy atom. The van der Waals surface area contributed by atoms with Crippen molar-refractivity contribution in [1.29, 1.82) is 0 Å². The number of aliphatic carboxylic acids is 1. The fourth-order valence-corrected chi connectivity index (χ4v) is 6.09. The van der Waals surface area contributed by atoms with Crippen molar-refractivity contribution in [3.05, 3.63) is 60.2 Å². The van der Waals surface area contributed by atoms with Crippen LogP contribution >= 0.6 is 11.8 Å². The zero-order valence-corrected chi connectivity index (χ0v) is 15.9. The van der Waals surface area contributed by atoms with Gasteiger partial charge in [-0.15, -0.1) is 0 Å². The third-order valence-electron chi connectivity index (χ3n) is 5.48. The number of rotatable bonds is 9. The second-order valence-electron chi connectivity index (χ2n) is 7.27. The second kappa shape index (κ2) is 9.43. The Morgan fingerprint density at radius 1 is 1.19 bits per heavy atom. The summed E-state index contributed by atoms with van der Waals surface area (Å²) in [5, 5.41) is 20.5. The largest absolute Gasteiger partial charge is 0.481 e. The molecule has 1 aromatic carbocycles. The van der Waals surface area contributed by atoms with Crippen LogP contribution in [0.2, 0.25) is 0 Å². The maximum Gasteiger partial charge on any atom is 0.303 e. The standard InChI is InChI=1S/C22H28O3S/c23-19(16-8-4-3-5-9-16)13-12-18-17(20-14-15-21(18)26-20)10-6-1-2-7-11-22(24)25/h1,3-6,8-9,12-13,17-21,23H,2,7,10-11,14-15H2,(H,24,25)/t17-,18+,19?,20-,21+/m0/s1. The van der Waals surface area contributed by atoms with Crippen molar-refractivity contribution in [3.8, 4) is 0 Å². The monoisotopic (exact) mass is 372 g/mol. The van der Waals surface area contributed by atoms with Gasteiger partial charge in [0.1, 0.15) is 0 Å². The predicted octanol–water partition coefficient (Wildman–Crippen LogP) is 4.99. The van der Waals surface area contributed by atoms with Crippen LogP contribution in [0.3, 0.4) is 0 Å². The number of hydrogen-bond donors (Lipinski definition) is 2. The number of carboxylic acids is 1. The lowest BCUT2D eigenvalue weighted by Crippen LogP contribution is -2.25. The summed E-state index contributed by atoms with van der Waals surface area (Å²) in [6, 6.07) is 9.80. The van der Waals surface area contributed by atoms with Crippen molar-refractivity contribution in [1.82, 2.24) is 0 Å². The molecule has 1 aromatic rings. The average molecular weight is 373 g/mol. The molecule has 0 radical (unpaired) electrons. The van der Waals surface area contributed by atoms with E-state index >= 15 is 0 Å². The SMILES string of the molecule is O=C(O)CCCC=CC[C@H]1[C@@H](C=CC(O)c2ccccc2)[C@H]2CC[C@@H]1S2. The topological polar surface area (TPSA) is 57.5 Å². The molecular weight excluding hydrogens is 344 g/mol. The molecule has 0 aromatic heterocycles. The van der Waals surface area contributed by atoms with Gasteiger partial charge in [0, 0.05) is 16.9 Å². The van der Waals surface area contributed by atoms with E-state index in [1.807, 2.05) is 36.4 Å². The summed E-state index contributed by atoms with van der Waals surface area (Å²) in [5.74, 6) is 0.444. The van der Waals surface area contributed by atoms with E-state index in [0.717, 1.165) is 23.7 Å². The van der Waals surface area contributed by atoms with Crippen molar-refractivity contribution in [2.45, 2.75) is 55.1 Å². The van der Waals surface area contributed by atoms with Gasteiger partial charge in [0.05, 0.1) is 6.10 Å². The number of hydrogen-bond acceptors (Lipinski definition) is 3. The molecule has 2 heterocycles. The Kier molecular flexibility index (Phi) is 6.98. The summed E-state index contributed by atoms with van der Waals surface area (Å²) in [4.78, 5) is 10.5. The third kappa shape index (κ3) is 5.01.